The predicted octanol–water partition coefficient (Wildman–Crippen LogP) is 3.10. The van der Waals surface area contributed by atoms with E-state index >= 15 is 0 Å². The van der Waals surface area contributed by atoms with Crippen LogP contribution in [0, 0.1) is 12.8 Å². The van der Waals surface area contributed by atoms with E-state index in [4.69, 9.17) is 0 Å². The van der Waals surface area contributed by atoms with Gasteiger partial charge in [-0.05, 0) is 31.4 Å². The van der Waals surface area contributed by atoms with Crippen LogP contribution in [-0.2, 0) is 7.05 Å². The average molecular weight is 286 g/mol. The zero-order valence-corrected chi connectivity index (χ0v) is 13.1. The lowest BCUT2D eigenvalue weighted by atomic mass is 10.0. The van der Waals surface area contributed by atoms with Crippen LogP contribution in [0.25, 0.3) is 5.69 Å². The summed E-state index contributed by atoms with van der Waals surface area (Å²) in [6.45, 7) is 5.98. The largest absolute Gasteiger partial charge is 0.294 e. The van der Waals surface area contributed by atoms with E-state index in [1.54, 1.807) is 9.36 Å². The highest BCUT2D eigenvalue weighted by atomic mass is 16.2. The van der Waals surface area contributed by atoms with Crippen LogP contribution < -0.4 is 5.56 Å². The average Bonchev–Trinajstić information content (AvgIpc) is 2.68. The minimum atomic E-state index is -0.227. The number of hydrogen-bond acceptors (Lipinski definition) is 2. The first kappa shape index (κ1) is 15.3. The van der Waals surface area contributed by atoms with Crippen LogP contribution >= 0.6 is 0 Å². The number of carbonyl (C=O) groups is 1. The van der Waals surface area contributed by atoms with Crippen LogP contribution in [0.3, 0.4) is 0 Å². The van der Waals surface area contributed by atoms with Crippen molar-refractivity contribution < 1.29 is 4.79 Å². The number of Topliss-reactive ketones (excluding diaryl/α,β-unsaturated/α-hetero) is 1. The minimum Gasteiger partial charge on any atom is -0.294 e. The Kier molecular flexibility index (Phi) is 4.46. The van der Waals surface area contributed by atoms with E-state index in [1.807, 2.05) is 44.3 Å². The van der Waals surface area contributed by atoms with Gasteiger partial charge in [0.05, 0.1) is 5.69 Å². The Bertz CT molecular complexity index is 694. The molecule has 0 spiro atoms. The third kappa shape index (κ3) is 2.99. The molecule has 4 heteroatoms. The quantitative estimate of drug-likeness (QED) is 0.793. The van der Waals surface area contributed by atoms with E-state index in [1.165, 1.54) is 0 Å². The Morgan fingerprint density at radius 3 is 2.38 bits per heavy atom. The molecule has 0 amide bonds. The number of nitrogens with zero attached hydrogens (tertiary/aromatic N) is 2. The van der Waals surface area contributed by atoms with Gasteiger partial charge in [0.25, 0.3) is 5.56 Å². The van der Waals surface area contributed by atoms with Gasteiger partial charge in [0.15, 0.2) is 5.78 Å². The zero-order valence-electron chi connectivity index (χ0n) is 13.1. The first-order chi connectivity index (χ1) is 9.93. The van der Waals surface area contributed by atoms with Crippen molar-refractivity contribution in [2.45, 2.75) is 33.6 Å². The number of para-hydroxylation sites is 1. The van der Waals surface area contributed by atoms with E-state index in [0.29, 0.717) is 17.9 Å². The maximum atomic E-state index is 12.6. The molecule has 0 bridgehead atoms. The molecule has 0 unspecified atom stereocenters. The van der Waals surface area contributed by atoms with E-state index in [2.05, 4.69) is 13.8 Å². The van der Waals surface area contributed by atoms with Gasteiger partial charge in [0.2, 0.25) is 0 Å². The van der Waals surface area contributed by atoms with Crippen molar-refractivity contribution in [2.24, 2.45) is 13.0 Å². The summed E-state index contributed by atoms with van der Waals surface area (Å²) >= 11 is 0. The fourth-order valence-electron chi connectivity index (χ4n) is 2.43. The SMILES string of the molecule is Cc1c(C(=O)CCC(C)C)c(=O)n(-c2ccccc2)n1C. The number of ketones is 1. The fourth-order valence-corrected chi connectivity index (χ4v) is 2.43. The molecule has 2 rings (SSSR count). The van der Waals surface area contributed by atoms with Gasteiger partial charge in [-0.15, -0.1) is 0 Å². The first-order valence-electron chi connectivity index (χ1n) is 7.30. The lowest BCUT2D eigenvalue weighted by Gasteiger charge is -2.07. The Morgan fingerprint density at radius 2 is 1.81 bits per heavy atom. The van der Waals surface area contributed by atoms with Crippen LogP contribution in [0.2, 0.25) is 0 Å². The highest BCUT2D eigenvalue weighted by Gasteiger charge is 2.21. The molecule has 112 valence electrons. The Hall–Kier alpha value is -2.10. The molecule has 1 aromatic carbocycles. The van der Waals surface area contributed by atoms with Gasteiger partial charge in [0.1, 0.15) is 5.56 Å². The van der Waals surface area contributed by atoms with Crippen molar-refractivity contribution in [3.63, 3.8) is 0 Å². The van der Waals surface area contributed by atoms with Crippen molar-refractivity contribution in [1.82, 2.24) is 9.36 Å². The second-order valence-corrected chi connectivity index (χ2v) is 5.79. The number of benzene rings is 1. The van der Waals surface area contributed by atoms with Gasteiger partial charge in [-0.1, -0.05) is 32.0 Å². The van der Waals surface area contributed by atoms with Crippen molar-refractivity contribution in [3.05, 3.63) is 51.9 Å². The molecule has 0 aliphatic rings. The summed E-state index contributed by atoms with van der Waals surface area (Å²) in [6, 6.07) is 9.39. The molecule has 4 nitrogen and oxygen atoms in total. The Morgan fingerprint density at radius 1 is 1.19 bits per heavy atom. The number of rotatable bonds is 5. The molecular formula is C17H22N2O2. The molecule has 21 heavy (non-hydrogen) atoms. The predicted molar refractivity (Wildman–Crippen MR) is 84.1 cm³/mol. The minimum absolute atomic E-state index is 0.0588. The van der Waals surface area contributed by atoms with Gasteiger partial charge in [0, 0.05) is 19.2 Å². The normalized spacial score (nSPS) is 11.1. The fraction of sp³-hybridized carbons (Fsp3) is 0.412. The van der Waals surface area contributed by atoms with Gasteiger partial charge >= 0.3 is 0 Å². The summed E-state index contributed by atoms with van der Waals surface area (Å²) in [6.07, 6.45) is 1.23. The van der Waals surface area contributed by atoms with Gasteiger partial charge in [-0.2, -0.15) is 0 Å². The maximum absolute atomic E-state index is 12.6. The highest BCUT2D eigenvalue weighted by Crippen LogP contribution is 2.14. The van der Waals surface area contributed by atoms with Crippen LogP contribution in [0.4, 0.5) is 0 Å². The Balaban J connectivity index is 2.46. The lowest BCUT2D eigenvalue weighted by Crippen LogP contribution is -2.22. The Labute approximate surface area is 125 Å². The summed E-state index contributed by atoms with van der Waals surface area (Å²) in [5.74, 6) is 0.394. The molecule has 0 N–H and O–H groups in total. The standard InChI is InChI=1S/C17H22N2O2/c1-12(2)10-11-15(20)16-13(3)18(4)19(17(16)21)14-8-6-5-7-9-14/h5-9,12H,10-11H2,1-4H3. The second-order valence-electron chi connectivity index (χ2n) is 5.79. The van der Waals surface area contributed by atoms with E-state index < -0.39 is 0 Å². The van der Waals surface area contributed by atoms with Crippen LogP contribution in [0.5, 0.6) is 0 Å². The molecule has 0 aliphatic carbocycles. The molecule has 2 aromatic rings. The molecule has 0 saturated carbocycles. The van der Waals surface area contributed by atoms with Gasteiger partial charge < -0.3 is 0 Å². The molecular weight excluding hydrogens is 264 g/mol. The summed E-state index contributed by atoms with van der Waals surface area (Å²) in [4.78, 5) is 25.0. The first-order valence-corrected chi connectivity index (χ1v) is 7.30. The summed E-state index contributed by atoms with van der Waals surface area (Å²) in [7, 11) is 1.81. The molecule has 0 atom stereocenters. The number of carbonyl (C=O) groups excluding carboxylic acids is 1. The van der Waals surface area contributed by atoms with Crippen molar-refractivity contribution in [2.75, 3.05) is 0 Å². The van der Waals surface area contributed by atoms with E-state index in [-0.39, 0.29) is 11.3 Å². The lowest BCUT2D eigenvalue weighted by molar-refractivity contribution is 0.0973. The van der Waals surface area contributed by atoms with Crippen LogP contribution in [0.1, 0.15) is 42.7 Å². The zero-order chi connectivity index (χ0) is 15.6. The smallest absolute Gasteiger partial charge is 0.282 e. The topological polar surface area (TPSA) is 44.0 Å². The van der Waals surface area contributed by atoms with Crippen molar-refractivity contribution in [3.8, 4) is 5.69 Å². The van der Waals surface area contributed by atoms with Crippen molar-refractivity contribution in [1.29, 1.82) is 0 Å². The third-order valence-electron chi connectivity index (χ3n) is 3.78. The van der Waals surface area contributed by atoms with Crippen LogP contribution in [0.15, 0.2) is 35.1 Å². The monoisotopic (exact) mass is 286 g/mol. The molecule has 0 saturated heterocycles. The molecule has 1 aromatic heterocycles. The van der Waals surface area contributed by atoms with Crippen molar-refractivity contribution >= 4 is 5.78 Å². The number of hydrogen-bond donors (Lipinski definition) is 0. The summed E-state index contributed by atoms with van der Waals surface area (Å²) < 4.78 is 3.30. The van der Waals surface area contributed by atoms with E-state index in [9.17, 15) is 9.59 Å². The molecule has 0 aliphatic heterocycles. The molecule has 0 fully saturated rings. The number of aromatic nitrogens is 2. The van der Waals surface area contributed by atoms with Gasteiger partial charge in [-0.3, -0.25) is 14.3 Å². The second kappa shape index (κ2) is 6.12. The van der Waals surface area contributed by atoms with E-state index in [0.717, 1.165) is 17.8 Å². The molecule has 0 radical (unpaired) electrons. The van der Waals surface area contributed by atoms with Gasteiger partial charge in [-0.25, -0.2) is 4.68 Å². The third-order valence-corrected chi connectivity index (χ3v) is 3.78. The maximum Gasteiger partial charge on any atom is 0.282 e. The highest BCUT2D eigenvalue weighted by molar-refractivity contribution is 5.96. The summed E-state index contributed by atoms with van der Waals surface area (Å²) in [5, 5.41) is 0. The van der Waals surface area contributed by atoms with Crippen LogP contribution in [-0.4, -0.2) is 15.1 Å². The summed E-state index contributed by atoms with van der Waals surface area (Å²) in [5.41, 5.74) is 1.59. The molecule has 1 heterocycles.